The van der Waals surface area contributed by atoms with Crippen molar-refractivity contribution in [3.05, 3.63) is 250 Å². The second kappa shape index (κ2) is 18.0. The van der Waals surface area contributed by atoms with Crippen molar-refractivity contribution in [1.29, 1.82) is 0 Å². The van der Waals surface area contributed by atoms with Crippen LogP contribution in [0.25, 0.3) is 58.4 Å². The van der Waals surface area contributed by atoms with Gasteiger partial charge in [0.1, 0.15) is 11.5 Å². The minimum atomic E-state index is 0.846. The molecule has 0 atom stereocenters. The lowest BCUT2D eigenvalue weighted by Gasteiger charge is -2.10. The van der Waals surface area contributed by atoms with Crippen molar-refractivity contribution in [2.24, 2.45) is 0 Å². The number of rotatable bonds is 12. The number of fused-ring (bicyclic) bond motifs is 1. The summed E-state index contributed by atoms with van der Waals surface area (Å²) in [4.78, 5) is 0. The van der Waals surface area contributed by atoms with Crippen molar-refractivity contribution in [3.63, 3.8) is 0 Å². The smallest absolute Gasteiger partial charge is 0.118 e. The molecule has 0 bridgehead atoms. The highest BCUT2D eigenvalue weighted by Crippen LogP contribution is 2.31. The Morgan fingerprint density at radius 1 is 0.345 bits per heavy atom. The van der Waals surface area contributed by atoms with Crippen LogP contribution in [-0.4, -0.2) is 14.2 Å². The second-order valence-corrected chi connectivity index (χ2v) is 14.1. The molecule has 0 heterocycles. The Labute approximate surface area is 342 Å². The van der Waals surface area contributed by atoms with Crippen molar-refractivity contribution in [3.8, 4) is 11.5 Å². The molecule has 0 aliphatic heterocycles. The van der Waals surface area contributed by atoms with Gasteiger partial charge in [-0.15, -0.1) is 0 Å². The Morgan fingerprint density at radius 2 is 0.759 bits per heavy atom. The summed E-state index contributed by atoms with van der Waals surface area (Å²) in [5.41, 5.74) is 13.9. The fraction of sp³-hybridized carbons (Fsp3) is 0.0357. The third kappa shape index (κ3) is 8.99. The average Bonchev–Trinajstić information content (AvgIpc) is 3.30. The van der Waals surface area contributed by atoms with Crippen molar-refractivity contribution in [2.75, 3.05) is 14.2 Å². The van der Waals surface area contributed by atoms with E-state index in [0.717, 1.165) is 61.6 Å². The van der Waals surface area contributed by atoms with Gasteiger partial charge in [-0.1, -0.05) is 194 Å². The summed E-state index contributed by atoms with van der Waals surface area (Å²) in [6.45, 7) is 0. The quantitative estimate of drug-likeness (QED) is 0.116. The molecule has 0 aromatic heterocycles. The van der Waals surface area contributed by atoms with Crippen LogP contribution in [0.2, 0.25) is 0 Å². The highest BCUT2D eigenvalue weighted by atomic mass is 16.5. The molecule has 8 aromatic rings. The van der Waals surface area contributed by atoms with Gasteiger partial charge in [0.05, 0.1) is 14.2 Å². The molecule has 0 radical (unpaired) electrons. The normalized spacial score (nSPS) is 12.0. The standard InChI is InChI=1S/C56H44O2/c1-57-51-34-30-49(31-35-51)55(45-11-5-3-6-12-45)39-43-21-17-41(18-22-43)25-27-48-29-28-47-15-9-10-16-53(47)54(48)38-26-42-19-23-44(24-20-42)40-56(46-13-7-4-8-14-46)50-32-36-52(58-2)37-33-50/h3-40H,1-2H3/b27-25-,38-26-,55-39-,56-40-. The van der Waals surface area contributed by atoms with Crippen LogP contribution in [-0.2, 0) is 0 Å². The third-order valence-corrected chi connectivity index (χ3v) is 10.4. The molecule has 0 fully saturated rings. The number of methoxy groups -OCH3 is 2. The largest absolute Gasteiger partial charge is 0.497 e. The molecule has 0 saturated carbocycles. The maximum atomic E-state index is 5.41. The first-order valence-electron chi connectivity index (χ1n) is 19.5. The molecule has 0 N–H and O–H groups in total. The van der Waals surface area contributed by atoms with Gasteiger partial charge in [-0.05, 0) is 114 Å². The van der Waals surface area contributed by atoms with E-state index in [2.05, 4.69) is 206 Å². The summed E-state index contributed by atoms with van der Waals surface area (Å²) in [6.07, 6.45) is 13.4. The van der Waals surface area contributed by atoms with Gasteiger partial charge in [-0.2, -0.15) is 0 Å². The highest BCUT2D eigenvalue weighted by molar-refractivity contribution is 5.98. The van der Waals surface area contributed by atoms with Crippen LogP contribution in [0.15, 0.2) is 194 Å². The topological polar surface area (TPSA) is 18.5 Å². The lowest BCUT2D eigenvalue weighted by atomic mass is 9.95. The molecule has 2 heteroatoms. The zero-order valence-electron chi connectivity index (χ0n) is 32.8. The first-order chi connectivity index (χ1) is 28.6. The van der Waals surface area contributed by atoms with Gasteiger partial charge in [-0.25, -0.2) is 0 Å². The van der Waals surface area contributed by atoms with E-state index < -0.39 is 0 Å². The van der Waals surface area contributed by atoms with Crippen LogP contribution < -0.4 is 9.47 Å². The molecule has 280 valence electrons. The van der Waals surface area contributed by atoms with Crippen molar-refractivity contribution in [2.45, 2.75) is 0 Å². The molecule has 0 unspecified atom stereocenters. The maximum Gasteiger partial charge on any atom is 0.118 e. The van der Waals surface area contributed by atoms with Crippen LogP contribution >= 0.6 is 0 Å². The van der Waals surface area contributed by atoms with E-state index in [4.69, 9.17) is 9.47 Å². The fourth-order valence-electron chi connectivity index (χ4n) is 7.19. The Morgan fingerprint density at radius 3 is 1.24 bits per heavy atom. The van der Waals surface area contributed by atoms with E-state index in [1.807, 2.05) is 24.3 Å². The van der Waals surface area contributed by atoms with E-state index in [1.54, 1.807) is 14.2 Å². The van der Waals surface area contributed by atoms with Gasteiger partial charge >= 0.3 is 0 Å². The molecule has 0 saturated heterocycles. The van der Waals surface area contributed by atoms with E-state index in [-0.39, 0.29) is 0 Å². The Bertz CT molecular complexity index is 2720. The lowest BCUT2D eigenvalue weighted by Crippen LogP contribution is -1.90. The first-order valence-corrected chi connectivity index (χ1v) is 19.5. The lowest BCUT2D eigenvalue weighted by molar-refractivity contribution is 0.414. The zero-order valence-corrected chi connectivity index (χ0v) is 32.8. The van der Waals surface area contributed by atoms with Crippen LogP contribution in [0.3, 0.4) is 0 Å². The van der Waals surface area contributed by atoms with Crippen LogP contribution in [0, 0.1) is 0 Å². The summed E-state index contributed by atoms with van der Waals surface area (Å²) in [6, 6.07) is 68.1. The SMILES string of the molecule is COc1ccc(/C(=C\c2ccc(/C=C\c3ccc4ccccc4c3/C=C\c3ccc(/C=C(/c4ccccc4)c4ccc(OC)cc4)cc3)cc2)c2ccccc2)cc1. The number of hydrogen-bond donors (Lipinski definition) is 0. The summed E-state index contributed by atoms with van der Waals surface area (Å²) in [5, 5.41) is 2.44. The van der Waals surface area contributed by atoms with E-state index in [0.29, 0.717) is 0 Å². The van der Waals surface area contributed by atoms with Crippen molar-refractivity contribution in [1.82, 2.24) is 0 Å². The molecule has 8 rings (SSSR count). The summed E-state index contributed by atoms with van der Waals surface area (Å²) >= 11 is 0. The number of ether oxygens (including phenoxy) is 2. The van der Waals surface area contributed by atoms with Gasteiger partial charge in [-0.3, -0.25) is 0 Å². The first kappa shape index (κ1) is 37.5. The second-order valence-electron chi connectivity index (χ2n) is 14.1. The highest BCUT2D eigenvalue weighted by Gasteiger charge is 2.09. The van der Waals surface area contributed by atoms with Gasteiger partial charge < -0.3 is 9.47 Å². The van der Waals surface area contributed by atoms with Crippen LogP contribution in [0.5, 0.6) is 11.5 Å². The third-order valence-electron chi connectivity index (χ3n) is 10.4. The minimum absolute atomic E-state index is 0.846. The predicted octanol–water partition coefficient (Wildman–Crippen LogP) is 14.4. The number of hydrogen-bond acceptors (Lipinski definition) is 2. The van der Waals surface area contributed by atoms with Gasteiger partial charge in [0.2, 0.25) is 0 Å². The summed E-state index contributed by atoms with van der Waals surface area (Å²) in [7, 11) is 3.39. The predicted molar refractivity (Wildman–Crippen MR) is 248 cm³/mol. The average molecular weight is 749 g/mol. The van der Waals surface area contributed by atoms with E-state index >= 15 is 0 Å². The molecule has 2 nitrogen and oxygen atoms in total. The van der Waals surface area contributed by atoms with E-state index in [9.17, 15) is 0 Å². The zero-order chi connectivity index (χ0) is 39.5. The molecule has 8 aromatic carbocycles. The van der Waals surface area contributed by atoms with Gasteiger partial charge in [0, 0.05) is 0 Å². The molecule has 0 aliphatic carbocycles. The molecule has 0 aliphatic rings. The summed E-state index contributed by atoms with van der Waals surface area (Å²) in [5.74, 6) is 1.69. The van der Waals surface area contributed by atoms with Crippen LogP contribution in [0.4, 0.5) is 0 Å². The Balaban J connectivity index is 1.05. The fourth-order valence-corrected chi connectivity index (χ4v) is 7.19. The van der Waals surface area contributed by atoms with Crippen molar-refractivity contribution >= 4 is 58.4 Å². The van der Waals surface area contributed by atoms with Gasteiger partial charge in [0.25, 0.3) is 0 Å². The molecular weight excluding hydrogens is 705 g/mol. The van der Waals surface area contributed by atoms with Crippen LogP contribution in [0.1, 0.15) is 55.6 Å². The minimum Gasteiger partial charge on any atom is -0.497 e. The Hall–Kier alpha value is -7.42. The Kier molecular flexibility index (Phi) is 11.7. The van der Waals surface area contributed by atoms with E-state index in [1.165, 1.54) is 27.5 Å². The monoisotopic (exact) mass is 748 g/mol. The maximum absolute atomic E-state index is 5.41. The molecule has 58 heavy (non-hydrogen) atoms. The molecule has 0 amide bonds. The van der Waals surface area contributed by atoms with Gasteiger partial charge in [0.15, 0.2) is 0 Å². The van der Waals surface area contributed by atoms with Crippen molar-refractivity contribution < 1.29 is 9.47 Å². The molecule has 0 spiro atoms. The summed E-state index contributed by atoms with van der Waals surface area (Å²) < 4.78 is 10.8. The number of benzene rings is 8. The molecular formula is C56H44O2.